The smallest absolute Gasteiger partial charge is 0.272 e. The lowest BCUT2D eigenvalue weighted by molar-refractivity contribution is 0.0954. The van der Waals surface area contributed by atoms with Crippen molar-refractivity contribution in [3.63, 3.8) is 0 Å². The molecule has 0 unspecified atom stereocenters. The van der Waals surface area contributed by atoms with Gasteiger partial charge in [-0.05, 0) is 38.1 Å². The lowest BCUT2D eigenvalue weighted by Crippen LogP contribution is -2.17. The molecular weight excluding hydrogens is 254 g/mol. The van der Waals surface area contributed by atoms with Crippen LogP contribution in [0.2, 0.25) is 0 Å². The van der Waals surface area contributed by atoms with Gasteiger partial charge in [-0.1, -0.05) is 11.6 Å². The molecule has 2 aromatic rings. The minimum atomic E-state index is -0.346. The van der Waals surface area contributed by atoms with Gasteiger partial charge in [-0.25, -0.2) is 5.43 Å². The molecule has 102 valence electrons. The lowest BCUT2D eigenvalue weighted by atomic mass is 10.1. The molecule has 0 saturated heterocycles. The van der Waals surface area contributed by atoms with E-state index in [9.17, 15) is 9.90 Å². The third-order valence-electron chi connectivity index (χ3n) is 2.73. The summed E-state index contributed by atoms with van der Waals surface area (Å²) in [4.78, 5) is 15.8. The van der Waals surface area contributed by atoms with E-state index in [-0.39, 0.29) is 11.7 Å². The summed E-state index contributed by atoms with van der Waals surface area (Å²) >= 11 is 0. The van der Waals surface area contributed by atoms with Gasteiger partial charge in [0.2, 0.25) is 0 Å². The van der Waals surface area contributed by atoms with Crippen LogP contribution in [-0.2, 0) is 0 Å². The molecule has 0 saturated carbocycles. The van der Waals surface area contributed by atoms with Crippen LogP contribution in [0.3, 0.4) is 0 Å². The van der Waals surface area contributed by atoms with Gasteiger partial charge in [0.05, 0.1) is 11.8 Å². The van der Waals surface area contributed by atoms with Crippen molar-refractivity contribution in [2.45, 2.75) is 13.8 Å². The second kappa shape index (κ2) is 5.97. The number of nitrogens with zero attached hydrogens (tertiary/aromatic N) is 2. The van der Waals surface area contributed by atoms with E-state index in [0.717, 1.165) is 11.3 Å². The standard InChI is InChI=1S/C15H15N3O2/c1-10-3-6-14(19)13(7-10)9-17-18-15(20)12-5-4-11(2)16-8-12/h3-9,19H,1-2H3,(H,18,20)/b17-9-. The summed E-state index contributed by atoms with van der Waals surface area (Å²) in [7, 11) is 0. The Hall–Kier alpha value is -2.69. The topological polar surface area (TPSA) is 74.6 Å². The SMILES string of the molecule is Cc1ccc(O)c(/C=N\NC(=O)c2ccc(C)nc2)c1. The Morgan fingerprint density at radius 3 is 2.80 bits per heavy atom. The summed E-state index contributed by atoms with van der Waals surface area (Å²) in [6.07, 6.45) is 2.90. The maximum atomic E-state index is 11.8. The Bertz CT molecular complexity index is 649. The van der Waals surface area contributed by atoms with E-state index in [0.29, 0.717) is 11.1 Å². The Morgan fingerprint density at radius 1 is 1.30 bits per heavy atom. The summed E-state index contributed by atoms with van der Waals surface area (Å²) in [5.74, 6) is -0.230. The number of aromatic nitrogens is 1. The van der Waals surface area contributed by atoms with Crippen molar-refractivity contribution in [1.29, 1.82) is 0 Å². The lowest BCUT2D eigenvalue weighted by Gasteiger charge is -2.01. The quantitative estimate of drug-likeness (QED) is 0.662. The van der Waals surface area contributed by atoms with Crippen LogP contribution < -0.4 is 5.43 Å². The third-order valence-corrected chi connectivity index (χ3v) is 2.73. The number of aromatic hydroxyl groups is 1. The van der Waals surface area contributed by atoms with Crippen molar-refractivity contribution in [2.75, 3.05) is 0 Å². The zero-order valence-corrected chi connectivity index (χ0v) is 11.3. The highest BCUT2D eigenvalue weighted by Gasteiger charge is 2.04. The van der Waals surface area contributed by atoms with Gasteiger partial charge in [-0.15, -0.1) is 0 Å². The number of hydrogen-bond donors (Lipinski definition) is 2. The van der Waals surface area contributed by atoms with E-state index in [2.05, 4.69) is 15.5 Å². The molecule has 1 aromatic heterocycles. The Labute approximate surface area is 117 Å². The van der Waals surface area contributed by atoms with Gasteiger partial charge >= 0.3 is 0 Å². The molecule has 5 heteroatoms. The summed E-state index contributed by atoms with van der Waals surface area (Å²) < 4.78 is 0. The molecule has 2 N–H and O–H groups in total. The zero-order chi connectivity index (χ0) is 14.5. The van der Waals surface area contributed by atoms with E-state index in [4.69, 9.17) is 0 Å². The number of amides is 1. The number of hydrazone groups is 1. The van der Waals surface area contributed by atoms with E-state index in [1.807, 2.05) is 13.8 Å². The molecule has 0 aliphatic heterocycles. The fourth-order valence-corrected chi connectivity index (χ4v) is 1.60. The summed E-state index contributed by atoms with van der Waals surface area (Å²) in [5, 5.41) is 13.5. The van der Waals surface area contributed by atoms with Gasteiger partial charge in [0.15, 0.2) is 0 Å². The predicted octanol–water partition coefficient (Wildman–Crippen LogP) is 2.17. The molecular formula is C15H15N3O2. The minimum absolute atomic E-state index is 0.116. The van der Waals surface area contributed by atoms with Crippen LogP contribution >= 0.6 is 0 Å². The first-order valence-corrected chi connectivity index (χ1v) is 6.12. The van der Waals surface area contributed by atoms with Gasteiger partial charge in [-0.2, -0.15) is 5.10 Å². The van der Waals surface area contributed by atoms with Crippen LogP contribution in [0.4, 0.5) is 0 Å². The van der Waals surface area contributed by atoms with Crippen molar-refractivity contribution in [3.05, 3.63) is 58.9 Å². The number of hydrogen-bond acceptors (Lipinski definition) is 4. The van der Waals surface area contributed by atoms with Crippen LogP contribution in [0.1, 0.15) is 27.2 Å². The van der Waals surface area contributed by atoms with E-state index in [1.54, 1.807) is 30.3 Å². The molecule has 20 heavy (non-hydrogen) atoms. The predicted molar refractivity (Wildman–Crippen MR) is 76.9 cm³/mol. The number of phenolic OH excluding ortho intramolecular Hbond substituents is 1. The molecule has 0 atom stereocenters. The number of carbonyl (C=O) groups is 1. The monoisotopic (exact) mass is 269 g/mol. The van der Waals surface area contributed by atoms with E-state index < -0.39 is 0 Å². The van der Waals surface area contributed by atoms with Crippen LogP contribution in [-0.4, -0.2) is 22.2 Å². The molecule has 0 aliphatic carbocycles. The van der Waals surface area contributed by atoms with Crippen molar-refractivity contribution in [1.82, 2.24) is 10.4 Å². The normalized spacial score (nSPS) is 10.7. The van der Waals surface area contributed by atoms with Crippen LogP contribution in [0, 0.1) is 13.8 Å². The van der Waals surface area contributed by atoms with E-state index >= 15 is 0 Å². The largest absolute Gasteiger partial charge is 0.507 e. The highest BCUT2D eigenvalue weighted by atomic mass is 16.3. The minimum Gasteiger partial charge on any atom is -0.507 e. The Balaban J connectivity index is 2.04. The second-order valence-electron chi connectivity index (χ2n) is 4.45. The molecule has 1 aromatic carbocycles. The molecule has 5 nitrogen and oxygen atoms in total. The first-order chi connectivity index (χ1) is 9.56. The molecule has 1 amide bonds. The van der Waals surface area contributed by atoms with Gasteiger partial charge < -0.3 is 5.11 Å². The number of aryl methyl sites for hydroxylation is 2. The first-order valence-electron chi connectivity index (χ1n) is 6.12. The number of carbonyl (C=O) groups excluding carboxylic acids is 1. The maximum absolute atomic E-state index is 11.8. The Morgan fingerprint density at radius 2 is 2.10 bits per heavy atom. The molecule has 0 radical (unpaired) electrons. The highest BCUT2D eigenvalue weighted by Crippen LogP contribution is 2.15. The van der Waals surface area contributed by atoms with Crippen molar-refractivity contribution < 1.29 is 9.90 Å². The average Bonchev–Trinajstić information content (AvgIpc) is 2.43. The van der Waals surface area contributed by atoms with E-state index in [1.165, 1.54) is 12.4 Å². The number of nitrogens with one attached hydrogen (secondary N) is 1. The first kappa shape index (κ1) is 13.7. The van der Waals surface area contributed by atoms with Crippen LogP contribution in [0.5, 0.6) is 5.75 Å². The Kier molecular flexibility index (Phi) is 4.10. The summed E-state index contributed by atoms with van der Waals surface area (Å²) in [6.45, 7) is 3.76. The van der Waals surface area contributed by atoms with Gasteiger partial charge in [-0.3, -0.25) is 9.78 Å². The maximum Gasteiger partial charge on any atom is 0.272 e. The van der Waals surface area contributed by atoms with Crippen LogP contribution in [0.15, 0.2) is 41.6 Å². The highest BCUT2D eigenvalue weighted by molar-refractivity contribution is 5.94. The molecule has 2 rings (SSSR count). The second-order valence-corrected chi connectivity index (χ2v) is 4.45. The third kappa shape index (κ3) is 3.41. The molecule has 0 spiro atoms. The fraction of sp³-hybridized carbons (Fsp3) is 0.133. The number of phenols is 1. The molecule has 0 aliphatic rings. The summed E-state index contributed by atoms with van der Waals surface area (Å²) in [6, 6.07) is 8.59. The molecule has 0 bridgehead atoms. The average molecular weight is 269 g/mol. The number of benzene rings is 1. The molecule has 0 fully saturated rings. The van der Waals surface area contributed by atoms with Gasteiger partial charge in [0.1, 0.15) is 5.75 Å². The fourth-order valence-electron chi connectivity index (χ4n) is 1.60. The molecule has 1 heterocycles. The van der Waals surface area contributed by atoms with Gasteiger partial charge in [0.25, 0.3) is 5.91 Å². The zero-order valence-electron chi connectivity index (χ0n) is 11.3. The van der Waals surface area contributed by atoms with Gasteiger partial charge in [0, 0.05) is 17.5 Å². The number of pyridine rings is 1. The van der Waals surface area contributed by atoms with Crippen molar-refractivity contribution >= 4 is 12.1 Å². The number of rotatable bonds is 3. The van der Waals surface area contributed by atoms with Crippen molar-refractivity contribution in [2.24, 2.45) is 5.10 Å². The van der Waals surface area contributed by atoms with Crippen LogP contribution in [0.25, 0.3) is 0 Å². The summed E-state index contributed by atoms with van der Waals surface area (Å²) in [5.41, 5.74) is 5.21. The van der Waals surface area contributed by atoms with Crippen molar-refractivity contribution in [3.8, 4) is 5.75 Å².